The van der Waals surface area contributed by atoms with Gasteiger partial charge in [0, 0.05) is 6.07 Å². The molecule has 0 saturated heterocycles. The maximum Gasteiger partial charge on any atom is 0.267 e. The number of rotatable bonds is 5. The molecule has 0 aliphatic carbocycles. The van der Waals surface area contributed by atoms with E-state index >= 15 is 0 Å². The fraction of sp³-hybridized carbons (Fsp3) is 0.412. The molecule has 0 aliphatic heterocycles. The Morgan fingerprint density at radius 3 is 2.48 bits per heavy atom. The molecular formula is C17H22N2O2. The van der Waals surface area contributed by atoms with Crippen LogP contribution < -0.4 is 5.56 Å². The molecule has 1 unspecified atom stereocenters. The standard InChI is InChI=1S/C17H22N2O2/c1-12(2)8-14-4-6-15(7-5-14)16(20)11-19-17(21)9-13(3)10-18-19/h4-7,9-10,12,16,20H,8,11H2,1-3H3. The number of hydrogen-bond acceptors (Lipinski definition) is 3. The molecule has 1 aromatic carbocycles. The molecule has 2 aromatic rings. The van der Waals surface area contributed by atoms with Crippen molar-refractivity contribution in [3.8, 4) is 0 Å². The highest BCUT2D eigenvalue weighted by atomic mass is 16.3. The fourth-order valence-corrected chi connectivity index (χ4v) is 2.28. The lowest BCUT2D eigenvalue weighted by atomic mass is 10.0. The lowest BCUT2D eigenvalue weighted by Gasteiger charge is -2.13. The van der Waals surface area contributed by atoms with E-state index in [4.69, 9.17) is 0 Å². The molecule has 0 amide bonds. The molecular weight excluding hydrogens is 264 g/mol. The van der Waals surface area contributed by atoms with Gasteiger partial charge in [-0.05, 0) is 36.0 Å². The summed E-state index contributed by atoms with van der Waals surface area (Å²) in [6.45, 7) is 6.35. The number of aliphatic hydroxyl groups is 1. The molecule has 0 spiro atoms. The van der Waals surface area contributed by atoms with E-state index in [0.29, 0.717) is 5.92 Å². The Balaban J connectivity index is 2.09. The number of hydrogen-bond donors (Lipinski definition) is 1. The van der Waals surface area contributed by atoms with Gasteiger partial charge in [0.05, 0.1) is 18.8 Å². The van der Waals surface area contributed by atoms with E-state index in [1.807, 2.05) is 31.2 Å². The summed E-state index contributed by atoms with van der Waals surface area (Å²) in [5, 5.41) is 14.3. The second kappa shape index (κ2) is 6.68. The molecule has 4 heteroatoms. The van der Waals surface area contributed by atoms with Gasteiger partial charge < -0.3 is 5.11 Å². The smallest absolute Gasteiger partial charge is 0.267 e. The fourth-order valence-electron chi connectivity index (χ4n) is 2.28. The first-order valence-corrected chi connectivity index (χ1v) is 7.26. The van der Waals surface area contributed by atoms with Crippen molar-refractivity contribution in [1.82, 2.24) is 9.78 Å². The number of aliphatic hydroxyl groups excluding tert-OH is 1. The molecule has 1 N–H and O–H groups in total. The molecule has 2 rings (SSSR count). The van der Waals surface area contributed by atoms with Gasteiger partial charge in [-0.3, -0.25) is 4.79 Å². The van der Waals surface area contributed by atoms with Gasteiger partial charge in [-0.2, -0.15) is 5.10 Å². The van der Waals surface area contributed by atoms with Crippen molar-refractivity contribution in [2.75, 3.05) is 0 Å². The molecule has 4 nitrogen and oxygen atoms in total. The van der Waals surface area contributed by atoms with Crippen LogP contribution in [0, 0.1) is 12.8 Å². The molecule has 0 bridgehead atoms. The summed E-state index contributed by atoms with van der Waals surface area (Å²) in [4.78, 5) is 11.8. The number of aromatic nitrogens is 2. The zero-order chi connectivity index (χ0) is 15.4. The molecule has 0 fully saturated rings. The molecule has 0 aliphatic rings. The number of nitrogens with zero attached hydrogens (tertiary/aromatic N) is 2. The molecule has 112 valence electrons. The van der Waals surface area contributed by atoms with Crippen LogP contribution in [-0.4, -0.2) is 14.9 Å². The minimum Gasteiger partial charge on any atom is -0.386 e. The largest absolute Gasteiger partial charge is 0.386 e. The predicted octanol–water partition coefficient (Wildman–Crippen LogP) is 2.48. The second-order valence-corrected chi connectivity index (χ2v) is 5.91. The zero-order valence-corrected chi connectivity index (χ0v) is 12.8. The Morgan fingerprint density at radius 1 is 1.24 bits per heavy atom. The third-order valence-corrected chi connectivity index (χ3v) is 3.36. The van der Waals surface area contributed by atoms with Crippen LogP contribution in [0.2, 0.25) is 0 Å². The van der Waals surface area contributed by atoms with Crippen molar-refractivity contribution in [2.24, 2.45) is 5.92 Å². The van der Waals surface area contributed by atoms with Crippen LogP contribution in [0.4, 0.5) is 0 Å². The Morgan fingerprint density at radius 2 is 1.90 bits per heavy atom. The van der Waals surface area contributed by atoms with Crippen LogP contribution in [0.3, 0.4) is 0 Å². The first kappa shape index (κ1) is 15.4. The van der Waals surface area contributed by atoms with Crippen molar-refractivity contribution in [1.29, 1.82) is 0 Å². The highest BCUT2D eigenvalue weighted by Gasteiger charge is 2.10. The van der Waals surface area contributed by atoms with Gasteiger partial charge >= 0.3 is 0 Å². The highest BCUT2D eigenvalue weighted by molar-refractivity contribution is 5.24. The van der Waals surface area contributed by atoms with Crippen LogP contribution in [0.25, 0.3) is 0 Å². The van der Waals surface area contributed by atoms with Gasteiger partial charge in [0.25, 0.3) is 5.56 Å². The summed E-state index contributed by atoms with van der Waals surface area (Å²) >= 11 is 0. The summed E-state index contributed by atoms with van der Waals surface area (Å²) < 4.78 is 1.29. The average molecular weight is 286 g/mol. The Labute approximate surface area is 125 Å². The summed E-state index contributed by atoms with van der Waals surface area (Å²) in [7, 11) is 0. The van der Waals surface area contributed by atoms with Crippen LogP contribution >= 0.6 is 0 Å². The van der Waals surface area contributed by atoms with Crippen LogP contribution in [0.5, 0.6) is 0 Å². The van der Waals surface area contributed by atoms with Crippen LogP contribution in [-0.2, 0) is 13.0 Å². The van der Waals surface area contributed by atoms with Gasteiger partial charge in [0.1, 0.15) is 0 Å². The molecule has 1 atom stereocenters. The van der Waals surface area contributed by atoms with E-state index in [2.05, 4.69) is 18.9 Å². The third-order valence-electron chi connectivity index (χ3n) is 3.36. The zero-order valence-electron chi connectivity index (χ0n) is 12.8. The topological polar surface area (TPSA) is 55.1 Å². The summed E-state index contributed by atoms with van der Waals surface area (Å²) in [5.41, 5.74) is 2.69. The second-order valence-electron chi connectivity index (χ2n) is 5.91. The van der Waals surface area contributed by atoms with Crippen molar-refractivity contribution in [3.63, 3.8) is 0 Å². The Kier molecular flexibility index (Phi) is 4.91. The van der Waals surface area contributed by atoms with Crippen molar-refractivity contribution >= 4 is 0 Å². The molecule has 0 radical (unpaired) electrons. The predicted molar refractivity (Wildman–Crippen MR) is 83.2 cm³/mol. The average Bonchev–Trinajstić information content (AvgIpc) is 2.42. The van der Waals surface area contributed by atoms with Gasteiger partial charge in [0.15, 0.2) is 0 Å². The Hall–Kier alpha value is -1.94. The minimum atomic E-state index is -0.731. The maximum absolute atomic E-state index is 11.8. The van der Waals surface area contributed by atoms with Crippen LogP contribution in [0.1, 0.15) is 36.6 Å². The molecule has 21 heavy (non-hydrogen) atoms. The van der Waals surface area contributed by atoms with E-state index in [0.717, 1.165) is 17.5 Å². The number of benzene rings is 1. The molecule has 0 saturated carbocycles. The third kappa shape index (κ3) is 4.26. The van der Waals surface area contributed by atoms with Crippen molar-refractivity contribution < 1.29 is 5.11 Å². The van der Waals surface area contributed by atoms with Gasteiger partial charge in [-0.25, -0.2) is 4.68 Å². The quantitative estimate of drug-likeness (QED) is 0.918. The normalized spacial score (nSPS) is 12.6. The Bertz CT molecular complexity index is 645. The monoisotopic (exact) mass is 286 g/mol. The lowest BCUT2D eigenvalue weighted by Crippen LogP contribution is -2.25. The van der Waals surface area contributed by atoms with E-state index in [-0.39, 0.29) is 12.1 Å². The highest BCUT2D eigenvalue weighted by Crippen LogP contribution is 2.16. The summed E-state index contributed by atoms with van der Waals surface area (Å²) in [6.07, 6.45) is 1.92. The summed E-state index contributed by atoms with van der Waals surface area (Å²) in [5.74, 6) is 0.608. The van der Waals surface area contributed by atoms with E-state index in [1.165, 1.54) is 16.3 Å². The van der Waals surface area contributed by atoms with Crippen molar-refractivity contribution in [2.45, 2.75) is 39.8 Å². The first-order valence-electron chi connectivity index (χ1n) is 7.26. The van der Waals surface area contributed by atoms with Gasteiger partial charge in [-0.15, -0.1) is 0 Å². The number of aryl methyl sites for hydroxylation is 1. The summed E-state index contributed by atoms with van der Waals surface area (Å²) in [6, 6.07) is 9.42. The minimum absolute atomic E-state index is 0.169. The van der Waals surface area contributed by atoms with Gasteiger partial charge in [-0.1, -0.05) is 38.1 Å². The first-order chi connectivity index (χ1) is 9.95. The van der Waals surface area contributed by atoms with E-state index in [1.54, 1.807) is 6.20 Å². The van der Waals surface area contributed by atoms with Gasteiger partial charge in [0.2, 0.25) is 0 Å². The maximum atomic E-state index is 11.8. The van der Waals surface area contributed by atoms with Crippen molar-refractivity contribution in [3.05, 3.63) is 63.6 Å². The van der Waals surface area contributed by atoms with Crippen LogP contribution in [0.15, 0.2) is 41.3 Å². The SMILES string of the molecule is Cc1cnn(CC(O)c2ccc(CC(C)C)cc2)c(=O)c1. The molecule has 1 heterocycles. The lowest BCUT2D eigenvalue weighted by molar-refractivity contribution is 0.149. The van der Waals surface area contributed by atoms with E-state index < -0.39 is 6.10 Å². The van der Waals surface area contributed by atoms with E-state index in [9.17, 15) is 9.90 Å². The molecule has 1 aromatic heterocycles.